The summed E-state index contributed by atoms with van der Waals surface area (Å²) in [4.78, 5) is 15.4. The molecule has 0 aliphatic heterocycles. The molecule has 0 saturated heterocycles. The second kappa shape index (κ2) is 7.24. The van der Waals surface area contributed by atoms with E-state index in [1.807, 2.05) is 0 Å². The van der Waals surface area contributed by atoms with Gasteiger partial charge in [-0.05, 0) is 38.8 Å². The molecule has 8 heteroatoms. The lowest BCUT2D eigenvalue weighted by molar-refractivity contribution is 0.0506. The van der Waals surface area contributed by atoms with Crippen LogP contribution in [0.1, 0.15) is 26.3 Å². The molecular formula is C13H18Cl2FN3O2. The normalized spacial score (nSPS) is 12.9. The number of hydrogen-bond donors (Lipinski definition) is 2. The molecule has 0 aliphatic rings. The molecule has 1 heterocycles. The molecule has 0 bridgehead atoms. The number of carbonyl (C=O) groups is 1. The molecule has 1 unspecified atom stereocenters. The van der Waals surface area contributed by atoms with Crippen LogP contribution in [0.5, 0.6) is 0 Å². The number of amides is 1. The van der Waals surface area contributed by atoms with Crippen LogP contribution in [-0.2, 0) is 11.2 Å². The molecule has 0 saturated carbocycles. The Morgan fingerprint density at radius 3 is 2.62 bits per heavy atom. The molecule has 5 nitrogen and oxygen atoms in total. The first kappa shape index (κ1) is 17.9. The Bertz CT molecular complexity index is 521. The second-order valence-electron chi connectivity index (χ2n) is 5.49. The zero-order chi connectivity index (χ0) is 16.2. The number of carbonyl (C=O) groups excluding carboxylic acids is 1. The highest BCUT2D eigenvalue weighted by Gasteiger charge is 2.20. The van der Waals surface area contributed by atoms with E-state index in [9.17, 15) is 9.18 Å². The van der Waals surface area contributed by atoms with Gasteiger partial charge in [0, 0.05) is 12.6 Å². The maximum atomic E-state index is 13.4. The minimum atomic E-state index is -0.677. The molecule has 3 N–H and O–H groups in total. The lowest BCUT2D eigenvalue weighted by atomic mass is 10.1. The van der Waals surface area contributed by atoms with E-state index in [4.69, 9.17) is 33.7 Å². The van der Waals surface area contributed by atoms with Gasteiger partial charge in [-0.25, -0.2) is 14.2 Å². The monoisotopic (exact) mass is 337 g/mol. The largest absolute Gasteiger partial charge is 0.444 e. The highest BCUT2D eigenvalue weighted by molar-refractivity contribution is 6.32. The average Bonchev–Trinajstić information content (AvgIpc) is 2.32. The second-order valence-corrected chi connectivity index (χ2v) is 6.21. The number of nitrogens with one attached hydrogen (secondary N) is 1. The zero-order valence-electron chi connectivity index (χ0n) is 12.0. The third-order valence-corrected chi connectivity index (χ3v) is 3.02. The number of nitrogens with zero attached hydrogens (tertiary/aromatic N) is 1. The SMILES string of the molecule is CC(C)(C)OC(=O)NC(CN)Cc1cc(F)c(Cl)nc1Cl. The Kier molecular flexibility index (Phi) is 6.19. The van der Waals surface area contributed by atoms with Crippen molar-refractivity contribution in [2.45, 2.75) is 38.8 Å². The lowest BCUT2D eigenvalue weighted by Crippen LogP contribution is -2.44. The molecule has 21 heavy (non-hydrogen) atoms. The van der Waals surface area contributed by atoms with Crippen molar-refractivity contribution in [1.29, 1.82) is 0 Å². The van der Waals surface area contributed by atoms with E-state index in [1.165, 1.54) is 6.07 Å². The third-order valence-electron chi connectivity index (χ3n) is 2.43. The molecule has 0 aromatic carbocycles. The van der Waals surface area contributed by atoms with E-state index in [0.29, 0.717) is 5.56 Å². The Balaban J connectivity index is 2.75. The summed E-state index contributed by atoms with van der Waals surface area (Å²) >= 11 is 11.4. The van der Waals surface area contributed by atoms with Gasteiger partial charge < -0.3 is 15.8 Å². The quantitative estimate of drug-likeness (QED) is 0.828. The number of pyridine rings is 1. The standard InChI is InChI=1S/C13H18Cl2FN3O2/c1-13(2,3)21-12(20)18-8(6-17)4-7-5-9(16)11(15)19-10(7)14/h5,8H,4,6,17H2,1-3H3,(H,18,20). The summed E-state index contributed by atoms with van der Waals surface area (Å²) in [5, 5.41) is 2.38. The number of rotatable bonds is 4. The first-order valence-corrected chi connectivity index (χ1v) is 7.08. The predicted molar refractivity (Wildman–Crippen MR) is 80.1 cm³/mol. The lowest BCUT2D eigenvalue weighted by Gasteiger charge is -2.23. The minimum absolute atomic E-state index is 0.0749. The molecule has 118 valence electrons. The molecule has 1 aromatic rings. The fourth-order valence-corrected chi connectivity index (χ4v) is 1.96. The topological polar surface area (TPSA) is 77.2 Å². The molecule has 1 aromatic heterocycles. The van der Waals surface area contributed by atoms with E-state index in [2.05, 4.69) is 10.3 Å². The van der Waals surface area contributed by atoms with Crippen LogP contribution in [0.4, 0.5) is 9.18 Å². The Labute approximate surface area is 133 Å². The van der Waals surface area contributed by atoms with Crippen LogP contribution in [-0.4, -0.2) is 29.3 Å². The summed E-state index contributed by atoms with van der Waals surface area (Å²) < 4.78 is 18.5. The van der Waals surface area contributed by atoms with Gasteiger partial charge in [0.25, 0.3) is 0 Å². The van der Waals surface area contributed by atoms with Crippen LogP contribution in [0.25, 0.3) is 0 Å². The number of halogens is 3. The van der Waals surface area contributed by atoms with Gasteiger partial charge in [0.15, 0.2) is 11.0 Å². The summed E-state index contributed by atoms with van der Waals surface area (Å²) in [5.41, 5.74) is 5.39. The maximum absolute atomic E-state index is 13.4. The van der Waals surface area contributed by atoms with E-state index < -0.39 is 23.6 Å². The molecule has 0 aliphatic carbocycles. The van der Waals surface area contributed by atoms with Crippen LogP contribution in [0.15, 0.2) is 6.07 Å². The van der Waals surface area contributed by atoms with Crippen molar-refractivity contribution in [2.24, 2.45) is 5.73 Å². The van der Waals surface area contributed by atoms with E-state index in [-0.39, 0.29) is 23.3 Å². The van der Waals surface area contributed by atoms with Gasteiger partial charge in [0.2, 0.25) is 0 Å². The summed E-state index contributed by atoms with van der Waals surface area (Å²) in [5.74, 6) is -0.677. The summed E-state index contributed by atoms with van der Waals surface area (Å²) in [6, 6.07) is 0.719. The minimum Gasteiger partial charge on any atom is -0.444 e. The first-order chi connectivity index (χ1) is 9.62. The van der Waals surface area contributed by atoms with Gasteiger partial charge in [-0.3, -0.25) is 0 Å². The molecule has 1 amide bonds. The number of alkyl carbamates (subject to hydrolysis) is 1. The Hall–Kier alpha value is -1.11. The van der Waals surface area contributed by atoms with Crippen molar-refractivity contribution in [1.82, 2.24) is 10.3 Å². The highest BCUT2D eigenvalue weighted by atomic mass is 35.5. The van der Waals surface area contributed by atoms with Crippen LogP contribution in [0, 0.1) is 5.82 Å². The smallest absolute Gasteiger partial charge is 0.407 e. The van der Waals surface area contributed by atoms with Gasteiger partial charge in [0.05, 0.1) is 0 Å². The van der Waals surface area contributed by atoms with Crippen molar-refractivity contribution in [2.75, 3.05) is 6.54 Å². The van der Waals surface area contributed by atoms with Crippen molar-refractivity contribution in [3.63, 3.8) is 0 Å². The van der Waals surface area contributed by atoms with Crippen molar-refractivity contribution in [3.05, 3.63) is 27.8 Å². The van der Waals surface area contributed by atoms with Crippen molar-refractivity contribution >= 4 is 29.3 Å². The Morgan fingerprint density at radius 1 is 1.48 bits per heavy atom. The third kappa shape index (κ3) is 6.03. The summed E-state index contributed by atoms with van der Waals surface area (Å²) in [6.45, 7) is 5.39. The van der Waals surface area contributed by atoms with E-state index in [0.717, 1.165) is 0 Å². The van der Waals surface area contributed by atoms with E-state index in [1.54, 1.807) is 20.8 Å². The van der Waals surface area contributed by atoms with Gasteiger partial charge in [0.1, 0.15) is 10.8 Å². The number of aromatic nitrogens is 1. The van der Waals surface area contributed by atoms with Gasteiger partial charge >= 0.3 is 6.09 Å². The van der Waals surface area contributed by atoms with Gasteiger partial charge in [-0.15, -0.1) is 0 Å². The molecule has 0 radical (unpaired) electrons. The van der Waals surface area contributed by atoms with Crippen LogP contribution < -0.4 is 11.1 Å². The molecule has 0 fully saturated rings. The van der Waals surface area contributed by atoms with Gasteiger partial charge in [-0.1, -0.05) is 23.2 Å². The van der Waals surface area contributed by atoms with E-state index >= 15 is 0 Å². The maximum Gasteiger partial charge on any atom is 0.407 e. The summed E-state index contributed by atoms with van der Waals surface area (Å²) in [6.07, 6.45) is -0.383. The number of ether oxygens (including phenoxy) is 1. The first-order valence-electron chi connectivity index (χ1n) is 6.32. The van der Waals surface area contributed by atoms with Gasteiger partial charge in [-0.2, -0.15) is 0 Å². The fraction of sp³-hybridized carbons (Fsp3) is 0.538. The number of hydrogen-bond acceptors (Lipinski definition) is 4. The van der Waals surface area contributed by atoms with Crippen molar-refractivity contribution in [3.8, 4) is 0 Å². The molecule has 1 rings (SSSR count). The van der Waals surface area contributed by atoms with Crippen LogP contribution in [0.2, 0.25) is 10.3 Å². The average molecular weight is 338 g/mol. The molecule has 0 spiro atoms. The highest BCUT2D eigenvalue weighted by Crippen LogP contribution is 2.21. The molecular weight excluding hydrogens is 320 g/mol. The fourth-order valence-electron chi connectivity index (χ4n) is 1.56. The number of nitrogens with two attached hydrogens (primary N) is 1. The van der Waals surface area contributed by atoms with Crippen LogP contribution in [0.3, 0.4) is 0 Å². The predicted octanol–water partition coefficient (Wildman–Crippen LogP) is 2.92. The summed E-state index contributed by atoms with van der Waals surface area (Å²) in [7, 11) is 0. The van der Waals surface area contributed by atoms with Crippen LogP contribution >= 0.6 is 23.2 Å². The Morgan fingerprint density at radius 2 is 2.10 bits per heavy atom. The zero-order valence-corrected chi connectivity index (χ0v) is 13.6. The molecule has 1 atom stereocenters. The van der Waals surface area contributed by atoms with Crippen molar-refractivity contribution < 1.29 is 13.9 Å².